The van der Waals surface area contributed by atoms with Gasteiger partial charge in [0.1, 0.15) is 17.4 Å². The average molecular weight is 363 g/mol. The quantitative estimate of drug-likeness (QED) is 0.505. The van der Waals surface area contributed by atoms with Gasteiger partial charge in [-0.05, 0) is 47.5 Å². The molecular formula is C21H15ClN2O2. The molecule has 3 aromatic rings. The highest BCUT2D eigenvalue weighted by Gasteiger charge is 2.13. The van der Waals surface area contributed by atoms with E-state index in [2.05, 4.69) is 5.32 Å². The van der Waals surface area contributed by atoms with E-state index in [9.17, 15) is 15.2 Å². The molecule has 0 bridgehead atoms. The number of carbonyl (C=O) groups is 1. The van der Waals surface area contributed by atoms with Gasteiger partial charge in [0.15, 0.2) is 0 Å². The highest BCUT2D eigenvalue weighted by Crippen LogP contribution is 2.29. The molecule has 2 N–H and O–H groups in total. The minimum Gasteiger partial charge on any atom is -0.507 e. The van der Waals surface area contributed by atoms with Gasteiger partial charge in [-0.1, -0.05) is 48.0 Å². The predicted molar refractivity (Wildman–Crippen MR) is 104 cm³/mol. The number of halogens is 1. The molecule has 0 fully saturated rings. The van der Waals surface area contributed by atoms with Gasteiger partial charge in [-0.3, -0.25) is 4.79 Å². The van der Waals surface area contributed by atoms with Crippen molar-refractivity contribution in [3.8, 4) is 11.8 Å². The van der Waals surface area contributed by atoms with E-state index in [4.69, 9.17) is 11.6 Å². The molecule has 3 rings (SSSR count). The van der Waals surface area contributed by atoms with E-state index in [-0.39, 0.29) is 11.3 Å². The molecule has 0 atom stereocenters. The fraction of sp³-hybridized carbons (Fsp3) is 0.0476. The number of aryl methyl sites for hydroxylation is 1. The Morgan fingerprint density at radius 2 is 1.96 bits per heavy atom. The Labute approximate surface area is 156 Å². The van der Waals surface area contributed by atoms with Gasteiger partial charge in [-0.25, -0.2) is 0 Å². The molecule has 0 aliphatic carbocycles. The van der Waals surface area contributed by atoms with Gasteiger partial charge < -0.3 is 10.4 Å². The van der Waals surface area contributed by atoms with Gasteiger partial charge in [0.25, 0.3) is 5.91 Å². The molecule has 0 aliphatic heterocycles. The van der Waals surface area contributed by atoms with Crippen LogP contribution in [0.2, 0.25) is 5.02 Å². The van der Waals surface area contributed by atoms with Crippen LogP contribution in [0.3, 0.4) is 0 Å². The number of nitriles is 1. The topological polar surface area (TPSA) is 73.1 Å². The lowest BCUT2D eigenvalue weighted by atomic mass is 10.0. The smallest absolute Gasteiger partial charge is 0.266 e. The molecule has 26 heavy (non-hydrogen) atoms. The third kappa shape index (κ3) is 3.53. The van der Waals surface area contributed by atoms with Crippen LogP contribution in [-0.4, -0.2) is 11.0 Å². The molecule has 0 aliphatic rings. The number of hydrogen-bond acceptors (Lipinski definition) is 3. The van der Waals surface area contributed by atoms with Crippen molar-refractivity contribution < 1.29 is 9.90 Å². The largest absolute Gasteiger partial charge is 0.507 e. The minimum atomic E-state index is -0.565. The van der Waals surface area contributed by atoms with E-state index >= 15 is 0 Å². The second-order valence-corrected chi connectivity index (χ2v) is 6.24. The lowest BCUT2D eigenvalue weighted by molar-refractivity contribution is -0.112. The summed E-state index contributed by atoms with van der Waals surface area (Å²) in [4.78, 5) is 12.5. The molecule has 3 aromatic carbocycles. The van der Waals surface area contributed by atoms with Crippen LogP contribution in [0, 0.1) is 18.3 Å². The lowest BCUT2D eigenvalue weighted by Gasteiger charge is -2.09. The number of rotatable bonds is 3. The van der Waals surface area contributed by atoms with Crippen molar-refractivity contribution in [2.45, 2.75) is 6.92 Å². The number of carbonyl (C=O) groups excluding carboxylic acids is 1. The van der Waals surface area contributed by atoms with E-state index in [0.717, 1.165) is 16.3 Å². The highest BCUT2D eigenvalue weighted by atomic mass is 35.5. The Bertz CT molecular complexity index is 1080. The first-order chi connectivity index (χ1) is 12.5. The Hall–Kier alpha value is -3.29. The van der Waals surface area contributed by atoms with Crippen molar-refractivity contribution in [1.29, 1.82) is 5.26 Å². The number of nitrogens with one attached hydrogen (secondary N) is 1. The number of nitrogens with zero attached hydrogens (tertiary/aromatic N) is 1. The zero-order chi connectivity index (χ0) is 18.7. The first-order valence-electron chi connectivity index (χ1n) is 7.89. The predicted octanol–water partition coefficient (Wildman–Crippen LogP) is 5.05. The number of amides is 1. The van der Waals surface area contributed by atoms with Gasteiger partial charge in [-0.15, -0.1) is 0 Å². The molecule has 4 nitrogen and oxygen atoms in total. The zero-order valence-electron chi connectivity index (χ0n) is 14.0. The van der Waals surface area contributed by atoms with E-state index in [1.54, 1.807) is 30.3 Å². The summed E-state index contributed by atoms with van der Waals surface area (Å²) < 4.78 is 0. The van der Waals surface area contributed by atoms with Crippen LogP contribution in [-0.2, 0) is 4.79 Å². The molecule has 0 spiro atoms. The summed E-state index contributed by atoms with van der Waals surface area (Å²) in [5, 5.41) is 24.5. The van der Waals surface area contributed by atoms with Crippen LogP contribution in [0.1, 0.15) is 11.1 Å². The van der Waals surface area contributed by atoms with Gasteiger partial charge in [0.05, 0.1) is 0 Å². The molecule has 0 unspecified atom stereocenters. The molecule has 0 heterocycles. The van der Waals surface area contributed by atoms with Crippen LogP contribution in [0.4, 0.5) is 5.69 Å². The van der Waals surface area contributed by atoms with Crippen molar-refractivity contribution >= 4 is 40.0 Å². The van der Waals surface area contributed by atoms with Crippen molar-refractivity contribution in [3.05, 3.63) is 76.3 Å². The number of hydrogen-bond donors (Lipinski definition) is 2. The summed E-state index contributed by atoms with van der Waals surface area (Å²) in [6.07, 6.45) is 1.40. The van der Waals surface area contributed by atoms with Crippen LogP contribution >= 0.6 is 11.6 Å². The number of anilines is 1. The standard InChI is InChI=1S/C21H15ClN2O2/c1-13-6-8-16(22)11-19(13)24-21(26)15(12-23)10-18-17-5-3-2-4-14(17)7-9-20(18)25/h2-11,25H,1H3,(H,24,26)/b15-10+. The fourth-order valence-electron chi connectivity index (χ4n) is 2.65. The summed E-state index contributed by atoms with van der Waals surface area (Å²) in [5.41, 5.74) is 1.67. The SMILES string of the molecule is Cc1ccc(Cl)cc1NC(=O)/C(C#N)=C/c1c(O)ccc2ccccc12. The Kier molecular flexibility index (Phi) is 4.92. The summed E-state index contributed by atoms with van der Waals surface area (Å²) >= 11 is 5.97. The molecular weight excluding hydrogens is 348 g/mol. The fourth-order valence-corrected chi connectivity index (χ4v) is 2.82. The monoisotopic (exact) mass is 362 g/mol. The first kappa shape index (κ1) is 17.5. The third-order valence-electron chi connectivity index (χ3n) is 4.05. The number of fused-ring (bicyclic) bond motifs is 1. The Morgan fingerprint density at radius 3 is 2.73 bits per heavy atom. The Balaban J connectivity index is 2.01. The summed E-state index contributed by atoms with van der Waals surface area (Å²) in [6, 6.07) is 17.8. The summed E-state index contributed by atoms with van der Waals surface area (Å²) in [7, 11) is 0. The van der Waals surface area contributed by atoms with Crippen molar-refractivity contribution in [2.75, 3.05) is 5.32 Å². The molecule has 0 radical (unpaired) electrons. The molecule has 1 amide bonds. The number of aromatic hydroxyl groups is 1. The van der Waals surface area contributed by atoms with Crippen molar-refractivity contribution in [1.82, 2.24) is 0 Å². The molecule has 0 saturated heterocycles. The van der Waals surface area contributed by atoms with E-state index in [1.807, 2.05) is 37.3 Å². The number of benzene rings is 3. The first-order valence-corrected chi connectivity index (χ1v) is 8.27. The molecule has 0 aromatic heterocycles. The lowest BCUT2D eigenvalue weighted by Crippen LogP contribution is -2.14. The number of phenolic OH excluding ortho intramolecular Hbond substituents is 1. The third-order valence-corrected chi connectivity index (χ3v) is 4.28. The van der Waals surface area contributed by atoms with Gasteiger partial charge in [-0.2, -0.15) is 5.26 Å². The maximum atomic E-state index is 12.5. The summed E-state index contributed by atoms with van der Waals surface area (Å²) in [5.74, 6) is -0.562. The van der Waals surface area contributed by atoms with E-state index in [0.29, 0.717) is 16.3 Å². The van der Waals surface area contributed by atoms with Crippen LogP contribution in [0.15, 0.2) is 60.2 Å². The maximum Gasteiger partial charge on any atom is 0.266 e. The zero-order valence-corrected chi connectivity index (χ0v) is 14.7. The molecule has 128 valence electrons. The number of phenols is 1. The summed E-state index contributed by atoms with van der Waals surface area (Å²) in [6.45, 7) is 1.83. The molecule has 0 saturated carbocycles. The van der Waals surface area contributed by atoms with Gasteiger partial charge >= 0.3 is 0 Å². The van der Waals surface area contributed by atoms with Gasteiger partial charge in [0.2, 0.25) is 0 Å². The van der Waals surface area contributed by atoms with E-state index in [1.165, 1.54) is 6.08 Å². The Morgan fingerprint density at radius 1 is 1.19 bits per heavy atom. The van der Waals surface area contributed by atoms with Crippen LogP contribution in [0.25, 0.3) is 16.8 Å². The van der Waals surface area contributed by atoms with Crippen molar-refractivity contribution in [2.24, 2.45) is 0 Å². The average Bonchev–Trinajstić information content (AvgIpc) is 2.64. The van der Waals surface area contributed by atoms with Crippen molar-refractivity contribution in [3.63, 3.8) is 0 Å². The normalized spacial score (nSPS) is 11.2. The van der Waals surface area contributed by atoms with Crippen LogP contribution in [0.5, 0.6) is 5.75 Å². The second-order valence-electron chi connectivity index (χ2n) is 5.80. The minimum absolute atomic E-state index is 0.00295. The molecule has 5 heteroatoms. The van der Waals surface area contributed by atoms with Gasteiger partial charge in [0, 0.05) is 16.3 Å². The second kappa shape index (κ2) is 7.30. The highest BCUT2D eigenvalue weighted by molar-refractivity contribution is 6.31. The maximum absolute atomic E-state index is 12.5. The van der Waals surface area contributed by atoms with E-state index < -0.39 is 5.91 Å². The van der Waals surface area contributed by atoms with Crippen LogP contribution < -0.4 is 5.32 Å².